The van der Waals surface area contributed by atoms with Gasteiger partial charge in [0.1, 0.15) is 0 Å². The average molecular weight is 663 g/mol. The summed E-state index contributed by atoms with van der Waals surface area (Å²) in [5, 5.41) is 0. The van der Waals surface area contributed by atoms with Crippen LogP contribution in [0.1, 0.15) is 48.9 Å². The summed E-state index contributed by atoms with van der Waals surface area (Å²) < 4.78 is 2.28. The van der Waals surface area contributed by atoms with E-state index in [0.717, 1.165) is 0 Å². The van der Waals surface area contributed by atoms with Crippen LogP contribution in [0, 0.1) is 0 Å². The van der Waals surface area contributed by atoms with E-state index < -0.39 is 18.9 Å². The normalized spacial score (nSPS) is 17.8. The molecule has 2 atom stereocenters. The zero-order chi connectivity index (χ0) is 28.0. The molecular weight excluding hydrogens is 626 g/mol. The number of hydrogen-bond donors (Lipinski definition) is 0. The molecule has 215 valence electrons. The van der Waals surface area contributed by atoms with Crippen LogP contribution < -0.4 is 0 Å². The Morgan fingerprint density at radius 3 is 1.33 bits per heavy atom. The number of fused-ring (bicyclic) bond motifs is 2. The van der Waals surface area contributed by atoms with Crippen molar-refractivity contribution in [3.8, 4) is 22.3 Å². The molecule has 5 aromatic carbocycles. The predicted molar refractivity (Wildman–Crippen MR) is 180 cm³/mol. The molecule has 0 spiro atoms. The van der Waals surface area contributed by atoms with Gasteiger partial charge in [-0.05, 0) is 0 Å². The van der Waals surface area contributed by atoms with Gasteiger partial charge >= 0.3 is 252 Å². The van der Waals surface area contributed by atoms with Gasteiger partial charge in [0.05, 0.1) is 0 Å². The first-order valence-corrected chi connectivity index (χ1v) is 25.2. The first-order valence-electron chi connectivity index (χ1n) is 14.7. The van der Waals surface area contributed by atoms with Crippen molar-refractivity contribution in [1.82, 2.24) is 0 Å². The van der Waals surface area contributed by atoms with Crippen LogP contribution in [-0.2, 0) is 23.0 Å². The van der Waals surface area contributed by atoms with Crippen molar-refractivity contribution in [2.75, 3.05) is 0 Å². The maximum absolute atomic E-state index is 3.17. The maximum Gasteiger partial charge on any atom is -0.269 e. The van der Waals surface area contributed by atoms with E-state index in [1.54, 1.807) is 22.3 Å². The molecule has 0 radical (unpaired) electrons. The number of benzene rings is 5. The molecule has 2 aliphatic carbocycles. The smallest absolute Gasteiger partial charge is 0.269 e. The average Bonchev–Trinajstić information content (AvgIpc) is 3.54. The molecule has 4 heteroatoms. The SMILES string of the molecule is CC1=Cc2c(-c3ccccc3)cccc2[CH]1[Zr](=[SiH2])([CH2]c1ccccc1)[CH]1C(C)=Cc2c(-c3ccccc3)cccc21.F.F. The third kappa shape index (κ3) is 5.41. The van der Waals surface area contributed by atoms with Crippen LogP contribution in [0.2, 0.25) is 0 Å². The largest absolute Gasteiger partial charge is 0.269 e. The molecule has 0 fully saturated rings. The van der Waals surface area contributed by atoms with E-state index >= 15 is 0 Å². The fourth-order valence-electron chi connectivity index (χ4n) is 7.72. The Kier molecular flexibility index (Phi) is 9.11. The molecule has 0 aromatic heterocycles. The summed E-state index contributed by atoms with van der Waals surface area (Å²) in [5.74, 6) is 0. The predicted octanol–water partition coefficient (Wildman–Crippen LogP) is 9.84. The van der Waals surface area contributed by atoms with Crippen molar-refractivity contribution in [3.05, 3.63) is 166 Å². The van der Waals surface area contributed by atoms with Gasteiger partial charge in [-0.25, -0.2) is 0 Å². The van der Waals surface area contributed by atoms with E-state index in [4.69, 9.17) is 0 Å². The van der Waals surface area contributed by atoms with Gasteiger partial charge in [-0.1, -0.05) is 0 Å². The Hall–Kier alpha value is -3.46. The number of hydrogen-bond acceptors (Lipinski definition) is 0. The molecular formula is C39H37F2SiZr. The first kappa shape index (κ1) is 31.0. The second-order valence-corrected chi connectivity index (χ2v) is 29.4. The molecule has 0 bridgehead atoms. The van der Waals surface area contributed by atoms with E-state index in [1.807, 2.05) is 0 Å². The summed E-state index contributed by atoms with van der Waals surface area (Å²) in [7, 11) is 0. The summed E-state index contributed by atoms with van der Waals surface area (Å²) in [6.07, 6.45) is 5.06. The van der Waals surface area contributed by atoms with Crippen molar-refractivity contribution in [3.63, 3.8) is 0 Å². The minimum atomic E-state index is -3.17. The van der Waals surface area contributed by atoms with Crippen LogP contribution in [0.25, 0.3) is 34.4 Å². The summed E-state index contributed by atoms with van der Waals surface area (Å²) in [4.78, 5) is 0. The van der Waals surface area contributed by atoms with Crippen molar-refractivity contribution in [2.45, 2.75) is 25.2 Å². The molecule has 0 amide bonds. The van der Waals surface area contributed by atoms with E-state index in [9.17, 15) is 0 Å². The molecule has 0 aliphatic heterocycles. The quantitative estimate of drug-likeness (QED) is 0.159. The number of allylic oxidation sites excluding steroid dienone is 2. The molecule has 0 N–H and O–H groups in total. The first-order chi connectivity index (χ1) is 20.0. The topological polar surface area (TPSA) is 0 Å². The van der Waals surface area contributed by atoms with Crippen LogP contribution in [0.5, 0.6) is 0 Å². The molecule has 0 saturated carbocycles. The summed E-state index contributed by atoms with van der Waals surface area (Å²) in [6, 6.07) is 47.3. The monoisotopic (exact) mass is 661 g/mol. The molecule has 2 unspecified atom stereocenters. The minimum absolute atomic E-state index is 0. The van der Waals surface area contributed by atoms with Crippen LogP contribution >= 0.6 is 0 Å². The second kappa shape index (κ2) is 12.6. The number of rotatable bonds is 6. The molecule has 5 aromatic rings. The van der Waals surface area contributed by atoms with E-state index in [1.165, 1.54) is 43.1 Å². The van der Waals surface area contributed by atoms with Crippen LogP contribution in [-0.4, -0.2) is 6.88 Å². The minimum Gasteiger partial charge on any atom is -0.269 e. The van der Waals surface area contributed by atoms with Gasteiger partial charge in [-0.15, -0.1) is 0 Å². The van der Waals surface area contributed by atoms with Crippen molar-refractivity contribution in [1.29, 1.82) is 0 Å². The van der Waals surface area contributed by atoms with Gasteiger partial charge in [-0.2, -0.15) is 0 Å². The summed E-state index contributed by atoms with van der Waals surface area (Å²) >= 11 is -3.17. The second-order valence-electron chi connectivity index (χ2n) is 11.9. The fraction of sp³-hybridized carbons (Fsp3) is 0.128. The van der Waals surface area contributed by atoms with Gasteiger partial charge in [0, 0.05) is 0 Å². The van der Waals surface area contributed by atoms with Gasteiger partial charge in [0.2, 0.25) is 0 Å². The number of halogens is 2. The third-order valence-corrected chi connectivity index (χ3v) is 27.6. The van der Waals surface area contributed by atoms with Crippen molar-refractivity contribution < 1.29 is 28.3 Å². The van der Waals surface area contributed by atoms with Gasteiger partial charge in [-0.3, -0.25) is 9.41 Å². The molecule has 7 rings (SSSR count). The summed E-state index contributed by atoms with van der Waals surface area (Å²) in [5.41, 5.74) is 16.0. The maximum atomic E-state index is 2.53. The fourth-order valence-corrected chi connectivity index (χ4v) is 29.3. The molecule has 43 heavy (non-hydrogen) atoms. The van der Waals surface area contributed by atoms with Gasteiger partial charge < -0.3 is 0 Å². The Morgan fingerprint density at radius 1 is 0.512 bits per heavy atom. The van der Waals surface area contributed by atoms with Crippen molar-refractivity contribution >= 4 is 19.0 Å². The zero-order valence-corrected chi connectivity index (χ0v) is 28.5. The van der Waals surface area contributed by atoms with E-state index in [2.05, 4.69) is 160 Å². The Labute approximate surface area is 259 Å². The van der Waals surface area contributed by atoms with E-state index in [-0.39, 0.29) is 9.41 Å². The van der Waals surface area contributed by atoms with Crippen LogP contribution in [0.15, 0.2) is 139 Å². The van der Waals surface area contributed by atoms with Crippen LogP contribution in [0.3, 0.4) is 0 Å². The van der Waals surface area contributed by atoms with Crippen LogP contribution in [0.4, 0.5) is 9.41 Å². The Balaban J connectivity index is 0.00000184. The van der Waals surface area contributed by atoms with Gasteiger partial charge in [0.15, 0.2) is 0 Å². The standard InChI is InChI=1S/2C16H13.C7H7.2FH.H2Si.Zr/c2*1-12-10-14-8-5-9-15(16(14)11-12)13-6-3-2-4-7-13;1-7-5-3-2-4-6-7;;;;/h2*2-11H,1H3;2-6H,1H2;2*1H;1H2;. The zero-order valence-electron chi connectivity index (χ0n) is 24.7. The van der Waals surface area contributed by atoms with E-state index in [0.29, 0.717) is 7.25 Å². The Bertz CT molecular complexity index is 1750. The molecule has 2 aliphatic rings. The third-order valence-electron chi connectivity index (χ3n) is 9.25. The molecule has 0 nitrogen and oxygen atoms in total. The Morgan fingerprint density at radius 2 is 0.907 bits per heavy atom. The molecule has 0 heterocycles. The summed E-state index contributed by atoms with van der Waals surface area (Å²) in [6.45, 7) is 7.30. The molecule has 0 saturated heterocycles. The van der Waals surface area contributed by atoms with Gasteiger partial charge in [0.25, 0.3) is 0 Å². The van der Waals surface area contributed by atoms with Crippen molar-refractivity contribution in [2.24, 2.45) is 0 Å².